The molecule has 1 aromatic rings. The summed E-state index contributed by atoms with van der Waals surface area (Å²) in [6.07, 6.45) is 3.63. The first kappa shape index (κ1) is 11.0. The maximum Gasteiger partial charge on any atom is 0.221 e. The SMILES string of the molecule is CC(C)Oc1nc(C2CC2)nc2c1CNCC2. The van der Waals surface area contributed by atoms with E-state index in [0.717, 1.165) is 36.8 Å². The lowest BCUT2D eigenvalue weighted by Gasteiger charge is -2.21. The first-order chi connectivity index (χ1) is 8.24. The number of aromatic nitrogens is 2. The van der Waals surface area contributed by atoms with Gasteiger partial charge in [0.15, 0.2) is 0 Å². The quantitative estimate of drug-likeness (QED) is 0.864. The summed E-state index contributed by atoms with van der Waals surface area (Å²) in [4.78, 5) is 9.33. The fourth-order valence-corrected chi connectivity index (χ4v) is 2.18. The lowest BCUT2D eigenvalue weighted by Crippen LogP contribution is -2.27. The highest BCUT2D eigenvalue weighted by Gasteiger charge is 2.29. The van der Waals surface area contributed by atoms with E-state index in [4.69, 9.17) is 9.72 Å². The lowest BCUT2D eigenvalue weighted by atomic mass is 10.1. The van der Waals surface area contributed by atoms with Crippen molar-refractivity contribution in [3.63, 3.8) is 0 Å². The van der Waals surface area contributed by atoms with Crippen LogP contribution < -0.4 is 10.1 Å². The van der Waals surface area contributed by atoms with Gasteiger partial charge < -0.3 is 10.1 Å². The van der Waals surface area contributed by atoms with Gasteiger partial charge in [-0.15, -0.1) is 0 Å². The van der Waals surface area contributed by atoms with Gasteiger partial charge in [0.2, 0.25) is 5.88 Å². The molecule has 0 saturated heterocycles. The van der Waals surface area contributed by atoms with Crippen LogP contribution in [0, 0.1) is 0 Å². The molecule has 0 amide bonds. The predicted molar refractivity (Wildman–Crippen MR) is 65.2 cm³/mol. The van der Waals surface area contributed by atoms with Crippen LogP contribution in [0.1, 0.15) is 49.7 Å². The van der Waals surface area contributed by atoms with Crippen molar-refractivity contribution in [1.82, 2.24) is 15.3 Å². The second-order valence-electron chi connectivity index (χ2n) is 5.18. The van der Waals surface area contributed by atoms with Crippen molar-refractivity contribution in [3.05, 3.63) is 17.1 Å². The Morgan fingerprint density at radius 2 is 2.12 bits per heavy atom. The molecule has 92 valence electrons. The van der Waals surface area contributed by atoms with E-state index in [2.05, 4.69) is 10.3 Å². The van der Waals surface area contributed by atoms with E-state index in [1.54, 1.807) is 0 Å². The maximum atomic E-state index is 5.84. The van der Waals surface area contributed by atoms with E-state index in [9.17, 15) is 0 Å². The molecule has 2 aliphatic rings. The number of nitrogens with zero attached hydrogens (tertiary/aromatic N) is 2. The average molecular weight is 233 g/mol. The highest BCUT2D eigenvalue weighted by atomic mass is 16.5. The third-order valence-electron chi connectivity index (χ3n) is 3.20. The van der Waals surface area contributed by atoms with Gasteiger partial charge in [-0.3, -0.25) is 0 Å². The molecule has 1 aliphatic carbocycles. The fraction of sp³-hybridized carbons (Fsp3) is 0.692. The van der Waals surface area contributed by atoms with Crippen LogP contribution in [-0.2, 0) is 13.0 Å². The van der Waals surface area contributed by atoms with Crippen LogP contribution >= 0.6 is 0 Å². The predicted octanol–water partition coefficient (Wildman–Crippen LogP) is 1.79. The van der Waals surface area contributed by atoms with Crippen molar-refractivity contribution in [2.45, 2.75) is 51.7 Å². The zero-order valence-electron chi connectivity index (χ0n) is 10.5. The minimum Gasteiger partial charge on any atom is -0.475 e. The van der Waals surface area contributed by atoms with Crippen LogP contribution in [0.3, 0.4) is 0 Å². The van der Waals surface area contributed by atoms with E-state index in [1.165, 1.54) is 18.5 Å². The summed E-state index contributed by atoms with van der Waals surface area (Å²) in [5.41, 5.74) is 2.35. The molecule has 4 heteroatoms. The summed E-state index contributed by atoms with van der Waals surface area (Å²) in [5, 5.41) is 3.36. The fourth-order valence-electron chi connectivity index (χ4n) is 2.18. The molecule has 2 heterocycles. The first-order valence-corrected chi connectivity index (χ1v) is 6.51. The smallest absolute Gasteiger partial charge is 0.221 e. The highest BCUT2D eigenvalue weighted by Crippen LogP contribution is 2.39. The molecule has 1 aliphatic heterocycles. The monoisotopic (exact) mass is 233 g/mol. The van der Waals surface area contributed by atoms with Gasteiger partial charge in [0.1, 0.15) is 5.82 Å². The van der Waals surface area contributed by atoms with Gasteiger partial charge in [0, 0.05) is 31.0 Å². The van der Waals surface area contributed by atoms with Crippen LogP contribution in [-0.4, -0.2) is 22.6 Å². The number of nitrogens with one attached hydrogen (secondary N) is 1. The van der Waals surface area contributed by atoms with E-state index in [0.29, 0.717) is 5.92 Å². The van der Waals surface area contributed by atoms with Crippen LogP contribution in [0.5, 0.6) is 5.88 Å². The topological polar surface area (TPSA) is 47.0 Å². The molecule has 0 atom stereocenters. The largest absolute Gasteiger partial charge is 0.475 e. The number of fused-ring (bicyclic) bond motifs is 1. The second kappa shape index (κ2) is 4.26. The Hall–Kier alpha value is -1.16. The van der Waals surface area contributed by atoms with E-state index in [1.807, 2.05) is 13.8 Å². The number of rotatable bonds is 3. The molecule has 1 fully saturated rings. The van der Waals surface area contributed by atoms with Gasteiger partial charge in [0.25, 0.3) is 0 Å². The maximum absolute atomic E-state index is 5.84. The highest BCUT2D eigenvalue weighted by molar-refractivity contribution is 5.34. The van der Waals surface area contributed by atoms with Crippen molar-refractivity contribution in [2.75, 3.05) is 6.54 Å². The summed E-state index contributed by atoms with van der Waals surface area (Å²) in [6.45, 7) is 5.93. The molecule has 17 heavy (non-hydrogen) atoms. The number of hydrogen-bond acceptors (Lipinski definition) is 4. The van der Waals surface area contributed by atoms with Gasteiger partial charge in [-0.2, -0.15) is 4.98 Å². The van der Waals surface area contributed by atoms with Crippen molar-refractivity contribution < 1.29 is 4.74 Å². The van der Waals surface area contributed by atoms with Gasteiger partial charge in [-0.25, -0.2) is 4.98 Å². The minimum absolute atomic E-state index is 0.169. The third kappa shape index (κ3) is 2.27. The summed E-state index contributed by atoms with van der Waals surface area (Å²) < 4.78 is 5.84. The Morgan fingerprint density at radius 1 is 1.29 bits per heavy atom. The van der Waals surface area contributed by atoms with Gasteiger partial charge >= 0.3 is 0 Å². The van der Waals surface area contributed by atoms with Gasteiger partial charge in [-0.05, 0) is 26.7 Å². The molecule has 4 nitrogen and oxygen atoms in total. The Balaban J connectivity index is 1.99. The Morgan fingerprint density at radius 3 is 2.82 bits per heavy atom. The van der Waals surface area contributed by atoms with Crippen molar-refractivity contribution in [3.8, 4) is 5.88 Å². The minimum atomic E-state index is 0.169. The Labute approximate surface area is 102 Å². The zero-order valence-corrected chi connectivity index (χ0v) is 10.5. The van der Waals surface area contributed by atoms with Crippen LogP contribution in [0.4, 0.5) is 0 Å². The molecule has 0 bridgehead atoms. The molecular formula is C13H19N3O. The van der Waals surface area contributed by atoms with E-state index in [-0.39, 0.29) is 6.10 Å². The summed E-state index contributed by atoms with van der Waals surface area (Å²) >= 11 is 0. The Kier molecular flexibility index (Phi) is 2.74. The molecular weight excluding hydrogens is 214 g/mol. The normalized spacial score (nSPS) is 19.2. The molecule has 3 rings (SSSR count). The zero-order chi connectivity index (χ0) is 11.8. The van der Waals surface area contributed by atoms with Gasteiger partial charge in [0.05, 0.1) is 11.8 Å². The van der Waals surface area contributed by atoms with Crippen molar-refractivity contribution in [2.24, 2.45) is 0 Å². The Bertz CT molecular complexity index is 427. The number of ether oxygens (including phenoxy) is 1. The van der Waals surface area contributed by atoms with E-state index < -0.39 is 0 Å². The molecule has 1 saturated carbocycles. The number of hydrogen-bond donors (Lipinski definition) is 1. The first-order valence-electron chi connectivity index (χ1n) is 6.51. The molecule has 1 N–H and O–H groups in total. The molecule has 0 aromatic carbocycles. The molecule has 0 unspecified atom stereocenters. The standard InChI is InChI=1S/C13H19N3O/c1-8(2)17-13-10-7-14-6-5-11(10)15-12(16-13)9-3-4-9/h8-9,14H,3-7H2,1-2H3. The molecule has 1 aromatic heterocycles. The van der Waals surface area contributed by atoms with Crippen molar-refractivity contribution >= 4 is 0 Å². The van der Waals surface area contributed by atoms with Crippen LogP contribution in [0.25, 0.3) is 0 Å². The summed E-state index contributed by atoms with van der Waals surface area (Å²) in [7, 11) is 0. The van der Waals surface area contributed by atoms with Gasteiger partial charge in [-0.1, -0.05) is 0 Å². The van der Waals surface area contributed by atoms with E-state index >= 15 is 0 Å². The second-order valence-corrected chi connectivity index (χ2v) is 5.18. The third-order valence-corrected chi connectivity index (χ3v) is 3.20. The lowest BCUT2D eigenvalue weighted by molar-refractivity contribution is 0.227. The van der Waals surface area contributed by atoms with Crippen molar-refractivity contribution in [1.29, 1.82) is 0 Å². The summed E-state index contributed by atoms with van der Waals surface area (Å²) in [6, 6.07) is 0. The summed E-state index contributed by atoms with van der Waals surface area (Å²) in [5.74, 6) is 2.39. The molecule has 0 spiro atoms. The van der Waals surface area contributed by atoms with Crippen LogP contribution in [0.2, 0.25) is 0 Å². The average Bonchev–Trinajstić information content (AvgIpc) is 3.12. The molecule has 0 radical (unpaired) electrons. The van der Waals surface area contributed by atoms with Crippen LogP contribution in [0.15, 0.2) is 0 Å².